The van der Waals surface area contributed by atoms with Crippen LogP contribution in [0.1, 0.15) is 10.7 Å². The first kappa shape index (κ1) is 15.2. The number of sulfonamides is 1. The van der Waals surface area contributed by atoms with E-state index in [0.29, 0.717) is 5.69 Å². The van der Waals surface area contributed by atoms with Gasteiger partial charge in [0.2, 0.25) is 10.0 Å². The first-order valence-corrected chi connectivity index (χ1v) is 8.19. The van der Waals surface area contributed by atoms with Crippen molar-refractivity contribution in [1.29, 1.82) is 0 Å². The second-order valence-electron chi connectivity index (χ2n) is 3.99. The summed E-state index contributed by atoms with van der Waals surface area (Å²) in [4.78, 5) is 3.54. The number of rotatable bonds is 4. The smallest absolute Gasteiger partial charge is 0.243 e. The summed E-state index contributed by atoms with van der Waals surface area (Å²) in [6, 6.07) is 2.17. The van der Waals surface area contributed by atoms with Crippen LogP contribution in [0.4, 0.5) is 10.1 Å². The largest absolute Gasteiger partial charge is 0.396 e. The molecule has 0 aliphatic carbocycles. The SMILES string of the molecule is Cc1nc(CNS(=O)(=O)c2cc(Cl)cc(N)c2F)cs1. The number of hydrogen-bond acceptors (Lipinski definition) is 5. The minimum Gasteiger partial charge on any atom is -0.396 e. The first-order chi connectivity index (χ1) is 9.29. The zero-order chi connectivity index (χ0) is 14.9. The van der Waals surface area contributed by atoms with Crippen molar-refractivity contribution in [3.8, 4) is 0 Å². The molecule has 9 heteroatoms. The molecule has 0 amide bonds. The Hall–Kier alpha value is -1.22. The van der Waals surface area contributed by atoms with Crippen LogP contribution in [-0.4, -0.2) is 13.4 Å². The van der Waals surface area contributed by atoms with E-state index in [1.165, 1.54) is 11.3 Å². The Bertz CT molecular complexity index is 746. The summed E-state index contributed by atoms with van der Waals surface area (Å²) in [6.07, 6.45) is 0. The minimum absolute atomic E-state index is 0.0292. The van der Waals surface area contributed by atoms with Crippen molar-refractivity contribution < 1.29 is 12.8 Å². The highest BCUT2D eigenvalue weighted by Gasteiger charge is 2.21. The van der Waals surface area contributed by atoms with Crippen molar-refractivity contribution in [2.75, 3.05) is 5.73 Å². The summed E-state index contributed by atoms with van der Waals surface area (Å²) in [7, 11) is -4.05. The Kier molecular flexibility index (Phi) is 4.28. The first-order valence-electron chi connectivity index (χ1n) is 5.45. The molecule has 108 valence electrons. The Morgan fingerprint density at radius 3 is 2.80 bits per heavy atom. The predicted octanol–water partition coefficient (Wildman–Crippen LogP) is 2.30. The van der Waals surface area contributed by atoms with Crippen LogP contribution in [0.15, 0.2) is 22.4 Å². The standard InChI is InChI=1S/C11H11ClFN3O2S2/c1-6-16-8(5-19-6)4-15-20(17,18)10-3-7(12)2-9(14)11(10)13/h2-3,5,15H,4,14H2,1H3. The third kappa shape index (κ3) is 3.26. The highest BCUT2D eigenvalue weighted by atomic mass is 35.5. The average Bonchev–Trinajstić information content (AvgIpc) is 2.77. The van der Waals surface area contributed by atoms with Gasteiger partial charge < -0.3 is 5.73 Å². The van der Waals surface area contributed by atoms with Gasteiger partial charge in [-0.25, -0.2) is 22.5 Å². The fourth-order valence-electron chi connectivity index (χ4n) is 1.52. The van der Waals surface area contributed by atoms with Gasteiger partial charge in [0.1, 0.15) is 4.90 Å². The van der Waals surface area contributed by atoms with E-state index in [-0.39, 0.29) is 17.3 Å². The van der Waals surface area contributed by atoms with Crippen molar-refractivity contribution >= 4 is 38.6 Å². The number of halogens is 2. The Labute approximate surface area is 124 Å². The summed E-state index contributed by atoms with van der Waals surface area (Å²) in [5.74, 6) is -1.02. The molecule has 0 atom stereocenters. The summed E-state index contributed by atoms with van der Waals surface area (Å²) < 4.78 is 40.1. The van der Waals surface area contributed by atoms with E-state index >= 15 is 0 Å². The zero-order valence-electron chi connectivity index (χ0n) is 10.4. The quantitative estimate of drug-likeness (QED) is 0.840. The second kappa shape index (κ2) is 5.65. The number of aryl methyl sites for hydroxylation is 1. The zero-order valence-corrected chi connectivity index (χ0v) is 12.7. The Morgan fingerprint density at radius 2 is 2.20 bits per heavy atom. The van der Waals surface area contributed by atoms with Gasteiger partial charge in [-0.3, -0.25) is 0 Å². The molecule has 1 aromatic carbocycles. The molecule has 0 spiro atoms. The van der Waals surface area contributed by atoms with E-state index in [9.17, 15) is 12.8 Å². The lowest BCUT2D eigenvalue weighted by Gasteiger charge is -2.08. The molecule has 0 unspecified atom stereocenters. The molecule has 1 aromatic heterocycles. The number of nitrogens with two attached hydrogens (primary N) is 1. The van der Waals surface area contributed by atoms with Gasteiger partial charge in [-0.15, -0.1) is 11.3 Å². The van der Waals surface area contributed by atoms with Crippen molar-refractivity contribution in [2.45, 2.75) is 18.4 Å². The minimum atomic E-state index is -4.05. The van der Waals surface area contributed by atoms with Crippen LogP contribution in [0.2, 0.25) is 5.02 Å². The lowest BCUT2D eigenvalue weighted by atomic mass is 10.3. The lowest BCUT2D eigenvalue weighted by molar-refractivity contribution is 0.558. The van der Waals surface area contributed by atoms with Gasteiger partial charge >= 0.3 is 0 Å². The van der Waals surface area contributed by atoms with Gasteiger partial charge in [0.25, 0.3) is 0 Å². The highest BCUT2D eigenvalue weighted by Crippen LogP contribution is 2.25. The molecule has 0 radical (unpaired) electrons. The Morgan fingerprint density at radius 1 is 1.50 bits per heavy atom. The monoisotopic (exact) mass is 335 g/mol. The third-order valence-electron chi connectivity index (χ3n) is 2.43. The molecule has 20 heavy (non-hydrogen) atoms. The molecule has 2 rings (SSSR count). The molecule has 0 bridgehead atoms. The van der Waals surface area contributed by atoms with Crippen LogP contribution in [0, 0.1) is 12.7 Å². The molecule has 2 aromatic rings. The fourth-order valence-corrected chi connectivity index (χ4v) is 3.55. The number of nitrogens with zero attached hydrogens (tertiary/aromatic N) is 1. The van der Waals surface area contributed by atoms with Gasteiger partial charge in [-0.1, -0.05) is 11.6 Å². The lowest BCUT2D eigenvalue weighted by Crippen LogP contribution is -2.24. The van der Waals surface area contributed by atoms with Crippen molar-refractivity contribution in [1.82, 2.24) is 9.71 Å². The molecule has 3 N–H and O–H groups in total. The van der Waals surface area contributed by atoms with Crippen LogP contribution < -0.4 is 10.5 Å². The van der Waals surface area contributed by atoms with Gasteiger partial charge in [0, 0.05) is 10.4 Å². The van der Waals surface area contributed by atoms with Crippen molar-refractivity contribution in [3.05, 3.63) is 39.1 Å². The van der Waals surface area contributed by atoms with E-state index in [1.807, 2.05) is 0 Å². The number of nitrogen functional groups attached to an aromatic ring is 1. The van der Waals surface area contributed by atoms with E-state index in [1.54, 1.807) is 12.3 Å². The molecular formula is C11H11ClFN3O2S2. The van der Waals surface area contributed by atoms with Gasteiger partial charge in [-0.05, 0) is 19.1 Å². The van der Waals surface area contributed by atoms with Crippen molar-refractivity contribution in [3.63, 3.8) is 0 Å². The third-order valence-corrected chi connectivity index (χ3v) is 4.87. The van der Waals surface area contributed by atoms with Gasteiger partial charge in [-0.2, -0.15) is 0 Å². The number of nitrogens with one attached hydrogen (secondary N) is 1. The molecule has 5 nitrogen and oxygen atoms in total. The summed E-state index contributed by atoms with van der Waals surface area (Å²) in [5.41, 5.74) is 5.61. The summed E-state index contributed by atoms with van der Waals surface area (Å²) >= 11 is 7.10. The highest BCUT2D eigenvalue weighted by molar-refractivity contribution is 7.89. The van der Waals surface area contributed by atoms with E-state index < -0.39 is 20.7 Å². The molecule has 0 saturated heterocycles. The van der Waals surface area contributed by atoms with Crippen molar-refractivity contribution in [2.24, 2.45) is 0 Å². The molecular weight excluding hydrogens is 325 g/mol. The summed E-state index contributed by atoms with van der Waals surface area (Å²) in [6.45, 7) is 1.78. The number of aromatic nitrogens is 1. The Balaban J connectivity index is 2.27. The van der Waals surface area contributed by atoms with Crippen LogP contribution in [0.5, 0.6) is 0 Å². The number of benzene rings is 1. The maximum absolute atomic E-state index is 13.8. The normalized spacial score (nSPS) is 11.8. The van der Waals surface area contributed by atoms with Crippen LogP contribution in [-0.2, 0) is 16.6 Å². The molecule has 0 fully saturated rings. The number of hydrogen-bond donors (Lipinski definition) is 2. The molecule has 0 saturated carbocycles. The second-order valence-corrected chi connectivity index (χ2v) is 7.22. The topological polar surface area (TPSA) is 85.1 Å². The van der Waals surface area contributed by atoms with Gasteiger partial charge in [0.05, 0.1) is 22.9 Å². The van der Waals surface area contributed by atoms with E-state index in [0.717, 1.165) is 17.1 Å². The van der Waals surface area contributed by atoms with Crippen LogP contribution in [0.3, 0.4) is 0 Å². The van der Waals surface area contributed by atoms with Crippen LogP contribution >= 0.6 is 22.9 Å². The summed E-state index contributed by atoms with van der Waals surface area (Å²) in [5, 5.41) is 2.59. The molecule has 0 aliphatic heterocycles. The predicted molar refractivity (Wildman–Crippen MR) is 76.7 cm³/mol. The number of anilines is 1. The number of thiazole rings is 1. The maximum Gasteiger partial charge on any atom is 0.243 e. The van der Waals surface area contributed by atoms with E-state index in [2.05, 4.69) is 9.71 Å². The molecule has 1 heterocycles. The molecule has 0 aliphatic rings. The maximum atomic E-state index is 13.8. The fraction of sp³-hybridized carbons (Fsp3) is 0.182. The average molecular weight is 336 g/mol. The van der Waals surface area contributed by atoms with Gasteiger partial charge in [0.15, 0.2) is 5.82 Å². The van der Waals surface area contributed by atoms with E-state index in [4.69, 9.17) is 17.3 Å². The van der Waals surface area contributed by atoms with Crippen LogP contribution in [0.25, 0.3) is 0 Å².